The van der Waals surface area contributed by atoms with Gasteiger partial charge in [-0.25, -0.2) is 12.8 Å². The van der Waals surface area contributed by atoms with Gasteiger partial charge >= 0.3 is 0 Å². The molecule has 0 aliphatic heterocycles. The largest absolute Gasteiger partial charge is 0.385 e. The maximum absolute atomic E-state index is 13.1. The Morgan fingerprint density at radius 1 is 1.38 bits per heavy atom. The van der Waals surface area contributed by atoms with Crippen molar-refractivity contribution in [1.29, 1.82) is 0 Å². The molecule has 0 heterocycles. The van der Waals surface area contributed by atoms with Crippen LogP contribution in [-0.4, -0.2) is 27.0 Å². The summed E-state index contributed by atoms with van der Waals surface area (Å²) in [5.74, 6) is -0.109. The molecular weight excluding hydrogens is 229 g/mol. The van der Waals surface area contributed by atoms with Crippen LogP contribution >= 0.6 is 0 Å². The van der Waals surface area contributed by atoms with Crippen LogP contribution < -0.4 is 5.32 Å². The van der Waals surface area contributed by atoms with Gasteiger partial charge in [0.25, 0.3) is 0 Å². The van der Waals surface area contributed by atoms with E-state index < -0.39 is 9.84 Å². The molecule has 0 spiro atoms. The highest BCUT2D eigenvalue weighted by atomic mass is 32.2. The summed E-state index contributed by atoms with van der Waals surface area (Å²) in [5.41, 5.74) is 1.27. The summed E-state index contributed by atoms with van der Waals surface area (Å²) in [7, 11) is -2.91. The van der Waals surface area contributed by atoms with E-state index in [2.05, 4.69) is 5.32 Å². The van der Waals surface area contributed by atoms with Gasteiger partial charge < -0.3 is 5.32 Å². The molecule has 0 saturated carbocycles. The molecular formula is C11H16FNO2S. The second kappa shape index (κ2) is 5.30. The van der Waals surface area contributed by atoms with Gasteiger partial charge in [0.05, 0.1) is 5.75 Å². The van der Waals surface area contributed by atoms with Gasteiger partial charge in [-0.1, -0.05) is 6.07 Å². The first-order chi connectivity index (χ1) is 7.40. The highest BCUT2D eigenvalue weighted by Gasteiger charge is 2.04. The molecule has 3 nitrogen and oxygen atoms in total. The van der Waals surface area contributed by atoms with Gasteiger partial charge in [-0.3, -0.25) is 0 Å². The van der Waals surface area contributed by atoms with Crippen LogP contribution in [0.5, 0.6) is 0 Å². The summed E-state index contributed by atoms with van der Waals surface area (Å²) in [6.45, 7) is 2.21. The molecule has 0 atom stereocenters. The maximum Gasteiger partial charge on any atom is 0.147 e. The molecule has 1 rings (SSSR count). The first kappa shape index (κ1) is 13.0. The van der Waals surface area contributed by atoms with E-state index >= 15 is 0 Å². The molecule has 0 saturated heterocycles. The van der Waals surface area contributed by atoms with Gasteiger partial charge in [0.2, 0.25) is 0 Å². The zero-order valence-electron chi connectivity index (χ0n) is 9.46. The van der Waals surface area contributed by atoms with Gasteiger partial charge in [-0.15, -0.1) is 0 Å². The summed E-state index contributed by atoms with van der Waals surface area (Å²) >= 11 is 0. The van der Waals surface area contributed by atoms with Crippen molar-refractivity contribution in [2.24, 2.45) is 0 Å². The highest BCUT2D eigenvalue weighted by Crippen LogP contribution is 2.17. The molecule has 5 heteroatoms. The van der Waals surface area contributed by atoms with Crippen molar-refractivity contribution in [3.63, 3.8) is 0 Å². The summed E-state index contributed by atoms with van der Waals surface area (Å²) in [4.78, 5) is 0. The van der Waals surface area contributed by atoms with Crippen molar-refractivity contribution in [2.75, 3.05) is 23.9 Å². The first-order valence-electron chi connectivity index (χ1n) is 5.07. The molecule has 1 aromatic rings. The van der Waals surface area contributed by atoms with E-state index in [-0.39, 0.29) is 11.6 Å². The Kier molecular flexibility index (Phi) is 4.29. The number of halogens is 1. The monoisotopic (exact) mass is 245 g/mol. The Bertz CT molecular complexity index is 457. The van der Waals surface area contributed by atoms with Crippen LogP contribution in [0.1, 0.15) is 12.0 Å². The Balaban J connectivity index is 2.47. The lowest BCUT2D eigenvalue weighted by atomic mass is 10.2. The van der Waals surface area contributed by atoms with Gasteiger partial charge in [-0.05, 0) is 25.5 Å². The predicted molar refractivity (Wildman–Crippen MR) is 64.0 cm³/mol. The number of anilines is 1. The fraction of sp³-hybridized carbons (Fsp3) is 0.455. The molecule has 0 aromatic heterocycles. The van der Waals surface area contributed by atoms with Crippen LogP contribution in [0.2, 0.25) is 0 Å². The van der Waals surface area contributed by atoms with Crippen molar-refractivity contribution in [3.05, 3.63) is 29.6 Å². The van der Waals surface area contributed by atoms with Gasteiger partial charge in [0.1, 0.15) is 15.7 Å². The zero-order valence-corrected chi connectivity index (χ0v) is 10.3. The predicted octanol–water partition coefficient (Wildman–Crippen LogP) is 1.98. The van der Waals surface area contributed by atoms with Crippen molar-refractivity contribution in [1.82, 2.24) is 0 Å². The van der Waals surface area contributed by atoms with Crippen LogP contribution in [0.3, 0.4) is 0 Å². The molecule has 1 aromatic carbocycles. The van der Waals surface area contributed by atoms with E-state index in [1.807, 2.05) is 0 Å². The minimum Gasteiger partial charge on any atom is -0.385 e. The average Bonchev–Trinajstić information content (AvgIpc) is 2.17. The Labute approximate surface area is 95.6 Å². The van der Waals surface area contributed by atoms with E-state index in [1.165, 1.54) is 12.3 Å². The fourth-order valence-electron chi connectivity index (χ4n) is 1.36. The fourth-order valence-corrected chi connectivity index (χ4v) is 2.03. The second-order valence-electron chi connectivity index (χ2n) is 3.82. The maximum atomic E-state index is 13.1. The summed E-state index contributed by atoms with van der Waals surface area (Å²) in [6.07, 6.45) is 1.73. The minimum atomic E-state index is -2.91. The lowest BCUT2D eigenvalue weighted by Crippen LogP contribution is -2.10. The smallest absolute Gasteiger partial charge is 0.147 e. The summed E-state index contributed by atoms with van der Waals surface area (Å²) < 4.78 is 34.9. The van der Waals surface area contributed by atoms with Crippen molar-refractivity contribution >= 4 is 15.5 Å². The molecule has 0 aliphatic rings. The van der Waals surface area contributed by atoms with Crippen LogP contribution in [-0.2, 0) is 9.84 Å². The summed E-state index contributed by atoms with van der Waals surface area (Å²) in [6, 6.07) is 4.80. The molecule has 16 heavy (non-hydrogen) atoms. The molecule has 0 aliphatic carbocycles. The first-order valence-corrected chi connectivity index (χ1v) is 7.13. The van der Waals surface area contributed by atoms with E-state index in [0.717, 1.165) is 0 Å². The number of rotatable bonds is 5. The lowest BCUT2D eigenvalue weighted by Gasteiger charge is -2.09. The molecule has 1 N–H and O–H groups in total. The molecule has 0 unspecified atom stereocenters. The third-order valence-corrected chi connectivity index (χ3v) is 3.31. The molecule has 0 fully saturated rings. The zero-order chi connectivity index (χ0) is 12.2. The van der Waals surface area contributed by atoms with E-state index in [0.29, 0.717) is 24.2 Å². The number of benzene rings is 1. The SMILES string of the molecule is Cc1c(F)cccc1NCCCS(C)(=O)=O. The van der Waals surface area contributed by atoms with Crippen LogP contribution in [0.4, 0.5) is 10.1 Å². The van der Waals surface area contributed by atoms with E-state index in [1.54, 1.807) is 19.1 Å². The molecule has 0 bridgehead atoms. The quantitative estimate of drug-likeness (QED) is 0.807. The Hall–Kier alpha value is -1.10. The Morgan fingerprint density at radius 2 is 2.06 bits per heavy atom. The van der Waals surface area contributed by atoms with Crippen molar-refractivity contribution < 1.29 is 12.8 Å². The third kappa shape index (κ3) is 4.18. The van der Waals surface area contributed by atoms with E-state index in [4.69, 9.17) is 0 Å². The summed E-state index contributed by atoms with van der Waals surface area (Å²) in [5, 5.41) is 3.02. The standard InChI is InChI=1S/C11H16FNO2S/c1-9-10(12)5-3-6-11(9)13-7-4-8-16(2,14)15/h3,5-6,13H,4,7-8H2,1-2H3. The van der Waals surface area contributed by atoms with Gasteiger partial charge in [0.15, 0.2) is 0 Å². The van der Waals surface area contributed by atoms with Gasteiger partial charge in [-0.2, -0.15) is 0 Å². The average molecular weight is 245 g/mol. The molecule has 0 amide bonds. The highest BCUT2D eigenvalue weighted by molar-refractivity contribution is 7.90. The van der Waals surface area contributed by atoms with Crippen LogP contribution in [0.15, 0.2) is 18.2 Å². The third-order valence-electron chi connectivity index (χ3n) is 2.28. The van der Waals surface area contributed by atoms with Gasteiger partial charge in [0, 0.05) is 24.1 Å². The number of hydrogen-bond acceptors (Lipinski definition) is 3. The normalized spacial score (nSPS) is 11.4. The Morgan fingerprint density at radius 3 is 2.69 bits per heavy atom. The second-order valence-corrected chi connectivity index (χ2v) is 6.08. The van der Waals surface area contributed by atoms with Crippen molar-refractivity contribution in [3.8, 4) is 0 Å². The molecule has 0 radical (unpaired) electrons. The van der Waals surface area contributed by atoms with Crippen molar-refractivity contribution in [2.45, 2.75) is 13.3 Å². The van der Waals surface area contributed by atoms with Crippen LogP contribution in [0, 0.1) is 12.7 Å². The minimum absolute atomic E-state index is 0.147. The number of hydrogen-bond donors (Lipinski definition) is 1. The number of sulfone groups is 1. The molecule has 90 valence electrons. The number of nitrogens with one attached hydrogen (secondary N) is 1. The van der Waals surface area contributed by atoms with E-state index in [9.17, 15) is 12.8 Å². The lowest BCUT2D eigenvalue weighted by molar-refractivity contribution is 0.599. The topological polar surface area (TPSA) is 46.2 Å². The van der Waals surface area contributed by atoms with Crippen LogP contribution in [0.25, 0.3) is 0 Å².